The van der Waals surface area contributed by atoms with Crippen molar-refractivity contribution in [1.82, 2.24) is 15.1 Å². The summed E-state index contributed by atoms with van der Waals surface area (Å²) in [5, 5.41) is 8.04. The average Bonchev–Trinajstić information content (AvgIpc) is 2.85. The van der Waals surface area contributed by atoms with E-state index in [4.69, 9.17) is 0 Å². The van der Waals surface area contributed by atoms with E-state index in [0.29, 0.717) is 17.5 Å². The van der Waals surface area contributed by atoms with E-state index in [0.717, 1.165) is 0 Å². The zero-order valence-corrected chi connectivity index (χ0v) is 10.2. The fraction of sp³-hybridized carbons (Fsp3) is 0.769. The minimum absolute atomic E-state index is 0.466. The summed E-state index contributed by atoms with van der Waals surface area (Å²) in [7, 11) is 0. The van der Waals surface area contributed by atoms with Crippen molar-refractivity contribution in [3.8, 4) is 0 Å². The van der Waals surface area contributed by atoms with Crippen LogP contribution in [0.25, 0.3) is 0 Å². The van der Waals surface area contributed by atoms with Crippen LogP contribution in [0.5, 0.6) is 0 Å². The molecule has 0 unspecified atom stereocenters. The summed E-state index contributed by atoms with van der Waals surface area (Å²) in [5.74, 6) is 0. The van der Waals surface area contributed by atoms with Crippen LogP contribution in [0.3, 0.4) is 0 Å². The summed E-state index contributed by atoms with van der Waals surface area (Å²) < 4.78 is 2.07. The van der Waals surface area contributed by atoms with Crippen molar-refractivity contribution in [3.63, 3.8) is 0 Å². The van der Waals surface area contributed by atoms with E-state index in [1.54, 1.807) is 0 Å². The number of hydrogen-bond donors (Lipinski definition) is 1. The molecule has 1 spiro atoms. The highest BCUT2D eigenvalue weighted by atomic mass is 15.3. The Labute approximate surface area is 97.2 Å². The van der Waals surface area contributed by atoms with Crippen LogP contribution in [0.2, 0.25) is 0 Å². The molecule has 1 saturated heterocycles. The van der Waals surface area contributed by atoms with Gasteiger partial charge >= 0.3 is 0 Å². The molecule has 3 heteroatoms. The second kappa shape index (κ2) is 3.59. The van der Waals surface area contributed by atoms with Gasteiger partial charge < -0.3 is 5.32 Å². The Balaban J connectivity index is 1.81. The average molecular weight is 219 g/mol. The van der Waals surface area contributed by atoms with E-state index < -0.39 is 0 Å². The van der Waals surface area contributed by atoms with Crippen molar-refractivity contribution in [3.05, 3.63) is 18.0 Å². The molecular weight excluding hydrogens is 198 g/mol. The topological polar surface area (TPSA) is 29.9 Å². The molecule has 3 rings (SSSR count). The maximum atomic E-state index is 4.45. The summed E-state index contributed by atoms with van der Waals surface area (Å²) in [5.41, 5.74) is 1.96. The lowest BCUT2D eigenvalue weighted by Gasteiger charge is -2.48. The summed E-state index contributed by atoms with van der Waals surface area (Å²) in [6.07, 6.45) is 9.90. The molecule has 2 aliphatic rings. The van der Waals surface area contributed by atoms with Gasteiger partial charge in [0.25, 0.3) is 0 Å². The van der Waals surface area contributed by atoms with Gasteiger partial charge in [0.2, 0.25) is 0 Å². The van der Waals surface area contributed by atoms with Crippen molar-refractivity contribution < 1.29 is 0 Å². The van der Waals surface area contributed by atoms with Crippen molar-refractivity contribution in [1.29, 1.82) is 0 Å². The smallest absolute Gasteiger partial charge is 0.0537 e. The molecule has 0 aromatic carbocycles. The molecule has 1 N–H and O–H groups in total. The van der Waals surface area contributed by atoms with E-state index in [2.05, 4.69) is 41.3 Å². The number of nitrogens with zero attached hydrogens (tertiary/aromatic N) is 2. The van der Waals surface area contributed by atoms with Crippen molar-refractivity contribution in [2.45, 2.75) is 51.6 Å². The van der Waals surface area contributed by atoms with Crippen molar-refractivity contribution in [2.75, 3.05) is 6.54 Å². The molecule has 1 atom stereocenters. The van der Waals surface area contributed by atoms with Crippen LogP contribution in [0.15, 0.2) is 12.4 Å². The summed E-state index contributed by atoms with van der Waals surface area (Å²) in [4.78, 5) is 0. The van der Waals surface area contributed by atoms with Crippen LogP contribution < -0.4 is 5.32 Å². The van der Waals surface area contributed by atoms with Gasteiger partial charge in [0, 0.05) is 35.8 Å². The Bertz CT molecular complexity index is 374. The van der Waals surface area contributed by atoms with Crippen LogP contribution in [-0.2, 0) is 0 Å². The molecule has 0 amide bonds. The Hall–Kier alpha value is -0.830. The molecule has 0 radical (unpaired) electrons. The molecule has 1 aliphatic carbocycles. The third-order valence-electron chi connectivity index (χ3n) is 4.35. The molecule has 1 aromatic heterocycles. The lowest BCUT2D eigenvalue weighted by Crippen LogP contribution is -2.54. The number of nitrogens with one attached hydrogen (secondary N) is 1. The first kappa shape index (κ1) is 10.3. The van der Waals surface area contributed by atoms with Gasteiger partial charge in [0.05, 0.1) is 6.20 Å². The SMILES string of the molecule is CC(C)n1cc([C@H]2NCC23CCCC3)cn1. The van der Waals surface area contributed by atoms with Crippen LogP contribution >= 0.6 is 0 Å². The van der Waals surface area contributed by atoms with E-state index in [1.807, 2.05) is 0 Å². The van der Waals surface area contributed by atoms with Crippen LogP contribution in [0, 0.1) is 5.41 Å². The molecule has 1 aromatic rings. The van der Waals surface area contributed by atoms with Crippen LogP contribution in [-0.4, -0.2) is 16.3 Å². The summed E-state index contributed by atoms with van der Waals surface area (Å²) >= 11 is 0. The molecule has 2 heterocycles. The third kappa shape index (κ3) is 1.41. The van der Waals surface area contributed by atoms with Gasteiger partial charge in [0.15, 0.2) is 0 Å². The van der Waals surface area contributed by atoms with Gasteiger partial charge in [-0.3, -0.25) is 4.68 Å². The maximum Gasteiger partial charge on any atom is 0.0537 e. The minimum atomic E-state index is 0.466. The highest BCUT2D eigenvalue weighted by Crippen LogP contribution is 2.52. The summed E-state index contributed by atoms with van der Waals surface area (Å²) in [6.45, 7) is 5.57. The highest BCUT2D eigenvalue weighted by Gasteiger charge is 2.49. The lowest BCUT2D eigenvalue weighted by molar-refractivity contribution is 0.0893. The van der Waals surface area contributed by atoms with Gasteiger partial charge in [-0.25, -0.2) is 0 Å². The summed E-state index contributed by atoms with van der Waals surface area (Å²) in [6, 6.07) is 1.04. The van der Waals surface area contributed by atoms with Crippen LogP contribution in [0.1, 0.15) is 57.2 Å². The molecule has 2 fully saturated rings. The van der Waals surface area contributed by atoms with E-state index in [-0.39, 0.29) is 0 Å². The second-order valence-corrected chi connectivity index (χ2v) is 5.73. The zero-order chi connectivity index (χ0) is 11.2. The Morgan fingerprint density at radius 2 is 2.19 bits per heavy atom. The Morgan fingerprint density at radius 3 is 2.69 bits per heavy atom. The predicted octanol–water partition coefficient (Wildman–Crippen LogP) is 2.67. The fourth-order valence-electron chi connectivity index (χ4n) is 3.29. The Kier molecular flexibility index (Phi) is 2.32. The molecule has 3 nitrogen and oxygen atoms in total. The highest BCUT2D eigenvalue weighted by molar-refractivity contribution is 5.21. The molecule has 0 bridgehead atoms. The number of rotatable bonds is 2. The zero-order valence-electron chi connectivity index (χ0n) is 10.2. The molecule has 16 heavy (non-hydrogen) atoms. The van der Waals surface area contributed by atoms with Gasteiger partial charge in [-0.15, -0.1) is 0 Å². The van der Waals surface area contributed by atoms with Gasteiger partial charge in [-0.1, -0.05) is 12.8 Å². The van der Waals surface area contributed by atoms with Gasteiger partial charge in [-0.05, 0) is 26.7 Å². The standard InChI is InChI=1S/C13H21N3/c1-10(2)16-8-11(7-15-16)12-13(9-14-12)5-3-4-6-13/h7-8,10,12,14H,3-6,9H2,1-2H3/t12-/m1/s1. The van der Waals surface area contributed by atoms with Gasteiger partial charge in [0.1, 0.15) is 0 Å². The first-order valence-electron chi connectivity index (χ1n) is 6.49. The number of hydrogen-bond acceptors (Lipinski definition) is 2. The Morgan fingerprint density at radius 1 is 1.44 bits per heavy atom. The lowest BCUT2D eigenvalue weighted by atomic mass is 9.70. The monoisotopic (exact) mass is 219 g/mol. The molecule has 1 saturated carbocycles. The second-order valence-electron chi connectivity index (χ2n) is 5.73. The minimum Gasteiger partial charge on any atom is -0.309 e. The quantitative estimate of drug-likeness (QED) is 0.828. The first-order valence-corrected chi connectivity index (χ1v) is 6.49. The van der Waals surface area contributed by atoms with E-state index >= 15 is 0 Å². The van der Waals surface area contributed by atoms with E-state index in [9.17, 15) is 0 Å². The van der Waals surface area contributed by atoms with Crippen LogP contribution in [0.4, 0.5) is 0 Å². The normalized spacial score (nSPS) is 27.6. The predicted molar refractivity (Wildman–Crippen MR) is 64.3 cm³/mol. The van der Waals surface area contributed by atoms with Crippen molar-refractivity contribution in [2.24, 2.45) is 5.41 Å². The van der Waals surface area contributed by atoms with Gasteiger partial charge in [-0.2, -0.15) is 5.10 Å². The number of aromatic nitrogens is 2. The molecule has 1 aliphatic heterocycles. The maximum absolute atomic E-state index is 4.45. The molecular formula is C13H21N3. The third-order valence-corrected chi connectivity index (χ3v) is 4.35. The van der Waals surface area contributed by atoms with E-state index in [1.165, 1.54) is 37.8 Å². The fourth-order valence-corrected chi connectivity index (χ4v) is 3.29. The first-order chi connectivity index (χ1) is 7.71. The van der Waals surface area contributed by atoms with Crippen molar-refractivity contribution >= 4 is 0 Å². The molecule has 88 valence electrons. The largest absolute Gasteiger partial charge is 0.309 e.